The lowest BCUT2D eigenvalue weighted by molar-refractivity contribution is -0.138. The molecule has 0 unspecified atom stereocenters. The van der Waals surface area contributed by atoms with Crippen molar-refractivity contribution in [3.8, 4) is 5.75 Å². The van der Waals surface area contributed by atoms with Gasteiger partial charge < -0.3 is 14.5 Å². The first-order chi connectivity index (χ1) is 12.4. The molecular formula is C18H27N3O4S. The first-order valence-corrected chi connectivity index (χ1v) is 10.5. The van der Waals surface area contributed by atoms with E-state index < -0.39 is 10.0 Å². The topological polar surface area (TPSA) is 70.2 Å². The van der Waals surface area contributed by atoms with Crippen LogP contribution in [0.5, 0.6) is 5.75 Å². The van der Waals surface area contributed by atoms with Crippen LogP contribution in [-0.4, -0.2) is 81.9 Å². The summed E-state index contributed by atoms with van der Waals surface area (Å²) in [6, 6.07) is 6.43. The molecule has 144 valence electrons. The lowest BCUT2D eigenvalue weighted by atomic mass is 9.96. The van der Waals surface area contributed by atoms with Crippen LogP contribution in [0.15, 0.2) is 29.2 Å². The van der Waals surface area contributed by atoms with E-state index in [-0.39, 0.29) is 16.7 Å². The Labute approximate surface area is 155 Å². The Morgan fingerprint density at radius 1 is 1.00 bits per heavy atom. The van der Waals surface area contributed by atoms with E-state index in [4.69, 9.17) is 4.74 Å². The van der Waals surface area contributed by atoms with Gasteiger partial charge in [0.2, 0.25) is 15.9 Å². The quantitative estimate of drug-likeness (QED) is 0.774. The first-order valence-electron chi connectivity index (χ1n) is 9.03. The Morgan fingerprint density at radius 2 is 1.58 bits per heavy atom. The Balaban J connectivity index is 1.59. The van der Waals surface area contributed by atoms with Gasteiger partial charge in [-0.15, -0.1) is 0 Å². The molecule has 0 atom stereocenters. The number of likely N-dealkylation sites (N-methyl/N-ethyl adjacent to an activating group) is 1. The zero-order valence-corrected chi connectivity index (χ0v) is 16.2. The first kappa shape index (κ1) is 19.1. The van der Waals surface area contributed by atoms with Gasteiger partial charge in [0.05, 0.1) is 12.0 Å². The van der Waals surface area contributed by atoms with Gasteiger partial charge in [-0.1, -0.05) is 0 Å². The zero-order chi connectivity index (χ0) is 18.7. The molecule has 1 aromatic rings. The maximum atomic E-state index is 12.8. The Morgan fingerprint density at radius 3 is 2.12 bits per heavy atom. The van der Waals surface area contributed by atoms with Crippen molar-refractivity contribution in [3.05, 3.63) is 24.3 Å². The summed E-state index contributed by atoms with van der Waals surface area (Å²) in [7, 11) is 0.0851. The third-order valence-electron chi connectivity index (χ3n) is 5.32. The Hall–Kier alpha value is -1.64. The highest BCUT2D eigenvalue weighted by Crippen LogP contribution is 2.26. The molecule has 2 fully saturated rings. The highest BCUT2D eigenvalue weighted by molar-refractivity contribution is 7.89. The van der Waals surface area contributed by atoms with E-state index in [0.29, 0.717) is 31.7 Å². The number of sulfonamides is 1. The van der Waals surface area contributed by atoms with E-state index in [0.717, 1.165) is 26.2 Å². The molecule has 0 N–H and O–H groups in total. The van der Waals surface area contributed by atoms with Crippen LogP contribution >= 0.6 is 0 Å². The van der Waals surface area contributed by atoms with Crippen LogP contribution in [0.3, 0.4) is 0 Å². The van der Waals surface area contributed by atoms with Crippen LogP contribution in [0.2, 0.25) is 0 Å². The van der Waals surface area contributed by atoms with Crippen LogP contribution in [0, 0.1) is 5.92 Å². The summed E-state index contributed by atoms with van der Waals surface area (Å²) in [6.07, 6.45) is 1.17. The number of hydrogen-bond donors (Lipinski definition) is 0. The fourth-order valence-electron chi connectivity index (χ4n) is 3.52. The van der Waals surface area contributed by atoms with Crippen molar-refractivity contribution in [1.82, 2.24) is 14.1 Å². The van der Waals surface area contributed by atoms with Crippen LogP contribution in [0.1, 0.15) is 12.8 Å². The van der Waals surface area contributed by atoms with Gasteiger partial charge >= 0.3 is 0 Å². The number of piperazine rings is 1. The average molecular weight is 381 g/mol. The Kier molecular flexibility index (Phi) is 5.84. The van der Waals surface area contributed by atoms with E-state index in [9.17, 15) is 13.2 Å². The maximum absolute atomic E-state index is 12.8. The van der Waals surface area contributed by atoms with Crippen molar-refractivity contribution in [3.63, 3.8) is 0 Å². The molecule has 26 heavy (non-hydrogen) atoms. The number of carbonyl (C=O) groups is 1. The molecule has 8 heteroatoms. The number of ether oxygens (including phenoxy) is 1. The lowest BCUT2D eigenvalue weighted by Gasteiger charge is -2.37. The third kappa shape index (κ3) is 4.02. The van der Waals surface area contributed by atoms with Crippen molar-refractivity contribution in [2.45, 2.75) is 17.7 Å². The lowest BCUT2D eigenvalue weighted by Crippen LogP contribution is -2.50. The molecule has 2 heterocycles. The second-order valence-electron chi connectivity index (χ2n) is 6.98. The molecule has 3 rings (SSSR count). The van der Waals surface area contributed by atoms with Crippen molar-refractivity contribution >= 4 is 15.9 Å². The standard InChI is InChI=1S/C18H27N3O4S/c1-19-11-13-20(14-12-19)18(22)15-7-9-21(10-8-15)26(23,24)17-5-3-16(25-2)4-6-17/h3-6,15H,7-14H2,1-2H3. The minimum atomic E-state index is -3.52. The highest BCUT2D eigenvalue weighted by atomic mass is 32.2. The van der Waals surface area contributed by atoms with Crippen LogP contribution < -0.4 is 4.74 Å². The van der Waals surface area contributed by atoms with Crippen molar-refractivity contribution < 1.29 is 17.9 Å². The number of amides is 1. The number of nitrogens with zero attached hydrogens (tertiary/aromatic N) is 3. The minimum Gasteiger partial charge on any atom is -0.497 e. The second kappa shape index (κ2) is 7.94. The van der Waals surface area contributed by atoms with Crippen molar-refractivity contribution in [1.29, 1.82) is 0 Å². The van der Waals surface area contributed by atoms with E-state index in [2.05, 4.69) is 11.9 Å². The van der Waals surface area contributed by atoms with Gasteiger partial charge in [-0.25, -0.2) is 8.42 Å². The Bertz CT molecular complexity index is 719. The second-order valence-corrected chi connectivity index (χ2v) is 8.92. The molecule has 0 aromatic heterocycles. The molecule has 1 amide bonds. The summed E-state index contributed by atoms with van der Waals surface area (Å²) in [6.45, 7) is 4.10. The molecule has 0 spiro atoms. The van der Waals surface area contributed by atoms with Gasteiger partial charge in [0.25, 0.3) is 0 Å². The van der Waals surface area contributed by atoms with Gasteiger partial charge in [0, 0.05) is 45.2 Å². The number of hydrogen-bond acceptors (Lipinski definition) is 5. The normalized spacial score (nSPS) is 20.9. The van der Waals surface area contributed by atoms with Crippen LogP contribution in [-0.2, 0) is 14.8 Å². The fourth-order valence-corrected chi connectivity index (χ4v) is 4.99. The van der Waals surface area contributed by atoms with Crippen molar-refractivity contribution in [2.24, 2.45) is 5.92 Å². The largest absolute Gasteiger partial charge is 0.497 e. The monoisotopic (exact) mass is 381 g/mol. The smallest absolute Gasteiger partial charge is 0.243 e. The number of carbonyl (C=O) groups excluding carboxylic acids is 1. The van der Waals surface area contributed by atoms with E-state index in [1.165, 1.54) is 4.31 Å². The summed E-state index contributed by atoms with van der Waals surface area (Å²) in [5.41, 5.74) is 0. The third-order valence-corrected chi connectivity index (χ3v) is 7.23. The molecule has 0 radical (unpaired) electrons. The molecule has 7 nitrogen and oxygen atoms in total. The van der Waals surface area contributed by atoms with Crippen LogP contribution in [0.25, 0.3) is 0 Å². The number of benzene rings is 1. The summed E-state index contributed by atoms with van der Waals surface area (Å²) in [5.74, 6) is 0.737. The van der Waals surface area contributed by atoms with Crippen LogP contribution in [0.4, 0.5) is 0 Å². The van der Waals surface area contributed by atoms with Gasteiger partial charge in [-0.3, -0.25) is 4.79 Å². The molecule has 2 aliphatic heterocycles. The molecule has 1 aromatic carbocycles. The van der Waals surface area contributed by atoms with Gasteiger partial charge in [-0.05, 0) is 44.2 Å². The average Bonchev–Trinajstić information content (AvgIpc) is 2.68. The molecule has 0 bridgehead atoms. The maximum Gasteiger partial charge on any atom is 0.243 e. The molecule has 2 saturated heterocycles. The molecule has 2 aliphatic rings. The van der Waals surface area contributed by atoms with Crippen molar-refractivity contribution in [2.75, 3.05) is 53.4 Å². The molecular weight excluding hydrogens is 354 g/mol. The van der Waals surface area contributed by atoms with E-state index in [1.54, 1.807) is 31.4 Å². The van der Waals surface area contributed by atoms with E-state index in [1.807, 2.05) is 4.90 Å². The summed E-state index contributed by atoms with van der Waals surface area (Å²) >= 11 is 0. The number of piperidine rings is 1. The predicted molar refractivity (Wildman–Crippen MR) is 98.6 cm³/mol. The number of methoxy groups -OCH3 is 1. The highest BCUT2D eigenvalue weighted by Gasteiger charge is 2.34. The fraction of sp³-hybridized carbons (Fsp3) is 0.611. The minimum absolute atomic E-state index is 0.0688. The molecule has 0 saturated carbocycles. The molecule has 0 aliphatic carbocycles. The summed E-state index contributed by atoms with van der Waals surface area (Å²) in [5, 5.41) is 0. The number of rotatable bonds is 4. The van der Waals surface area contributed by atoms with Gasteiger partial charge in [-0.2, -0.15) is 4.31 Å². The SMILES string of the molecule is COc1ccc(S(=O)(=O)N2CCC(C(=O)N3CCN(C)CC3)CC2)cc1. The van der Waals surface area contributed by atoms with E-state index >= 15 is 0 Å². The summed E-state index contributed by atoms with van der Waals surface area (Å²) < 4.78 is 32.1. The van der Waals surface area contributed by atoms with Gasteiger partial charge in [0.1, 0.15) is 5.75 Å². The van der Waals surface area contributed by atoms with Gasteiger partial charge in [0.15, 0.2) is 0 Å². The zero-order valence-electron chi connectivity index (χ0n) is 15.4. The summed E-state index contributed by atoms with van der Waals surface area (Å²) in [4.78, 5) is 17.1. The predicted octanol–water partition coefficient (Wildman–Crippen LogP) is 0.870.